The lowest BCUT2D eigenvalue weighted by atomic mass is 9.96. The summed E-state index contributed by atoms with van der Waals surface area (Å²) in [5.41, 5.74) is 5.29. The smallest absolute Gasteiger partial charge is 0.308 e. The molecule has 1 aromatic carbocycles. The molecule has 0 radical (unpaired) electrons. The van der Waals surface area contributed by atoms with Gasteiger partial charge in [-0.1, -0.05) is 36.4 Å². The Labute approximate surface area is 167 Å². The number of benzene rings is 1. The fourth-order valence-electron chi connectivity index (χ4n) is 2.94. The van der Waals surface area contributed by atoms with Crippen molar-refractivity contribution in [3.63, 3.8) is 0 Å². The monoisotopic (exact) mass is 392 g/mol. The van der Waals surface area contributed by atoms with Crippen molar-refractivity contribution < 1.29 is 9.59 Å². The average Bonchev–Trinajstić information content (AvgIpc) is 3.08. The van der Waals surface area contributed by atoms with Gasteiger partial charge in [0.1, 0.15) is 11.1 Å². The summed E-state index contributed by atoms with van der Waals surface area (Å²) >= 11 is 1.38. The van der Waals surface area contributed by atoms with E-state index in [0.717, 1.165) is 41.7 Å². The first-order valence-corrected chi connectivity index (χ1v) is 9.83. The van der Waals surface area contributed by atoms with Gasteiger partial charge in [-0.05, 0) is 49.8 Å². The van der Waals surface area contributed by atoms with Crippen LogP contribution in [0.2, 0.25) is 0 Å². The molecule has 0 unspecified atom stereocenters. The van der Waals surface area contributed by atoms with Gasteiger partial charge >= 0.3 is 11.8 Å². The first kappa shape index (κ1) is 19.5. The van der Waals surface area contributed by atoms with Gasteiger partial charge in [0.25, 0.3) is 0 Å². The van der Waals surface area contributed by atoms with E-state index in [-0.39, 0.29) is 0 Å². The minimum atomic E-state index is -0.872. The first-order valence-electron chi connectivity index (χ1n) is 9.02. The molecule has 0 fully saturated rings. The summed E-state index contributed by atoms with van der Waals surface area (Å²) in [6.45, 7) is 1.72. The highest BCUT2D eigenvalue weighted by atomic mass is 32.1. The normalized spacial score (nSPS) is 13.6. The second-order valence-electron chi connectivity index (χ2n) is 6.42. The molecule has 1 aliphatic rings. The van der Waals surface area contributed by atoms with E-state index in [1.54, 1.807) is 13.0 Å². The Kier molecular flexibility index (Phi) is 6.35. The predicted molar refractivity (Wildman–Crippen MR) is 111 cm³/mol. The van der Waals surface area contributed by atoms with Crippen LogP contribution in [0.1, 0.15) is 41.3 Å². The van der Waals surface area contributed by atoms with E-state index < -0.39 is 11.8 Å². The second-order valence-corrected chi connectivity index (χ2v) is 7.52. The Bertz CT molecular complexity index is 984. The largest absolute Gasteiger partial charge is 0.329 e. The number of rotatable bonds is 4. The molecule has 0 aliphatic heterocycles. The third-order valence-electron chi connectivity index (χ3n) is 4.37. The number of amides is 2. The highest BCUT2D eigenvalue weighted by molar-refractivity contribution is 7.16. The molecule has 0 saturated heterocycles. The lowest BCUT2D eigenvalue weighted by molar-refractivity contribution is -0.136. The van der Waals surface area contributed by atoms with E-state index in [0.29, 0.717) is 16.3 Å². The Hall–Kier alpha value is -3.24. The van der Waals surface area contributed by atoms with Crippen molar-refractivity contribution >= 4 is 39.9 Å². The molecule has 0 bridgehead atoms. The van der Waals surface area contributed by atoms with E-state index in [2.05, 4.69) is 21.9 Å². The zero-order valence-electron chi connectivity index (χ0n) is 15.5. The summed E-state index contributed by atoms with van der Waals surface area (Å²) in [5, 5.41) is 16.3. The molecular weight excluding hydrogens is 372 g/mol. The summed E-state index contributed by atoms with van der Waals surface area (Å²) in [5.74, 6) is -1.71. The number of hydrogen-bond acceptors (Lipinski definition) is 5. The minimum absolute atomic E-state index is 0.444. The highest BCUT2D eigenvalue weighted by Crippen LogP contribution is 2.37. The van der Waals surface area contributed by atoms with Crippen LogP contribution in [0.5, 0.6) is 0 Å². The Morgan fingerprint density at radius 1 is 1.18 bits per heavy atom. The lowest BCUT2D eigenvalue weighted by Crippen LogP contribution is -2.32. The van der Waals surface area contributed by atoms with Gasteiger partial charge < -0.3 is 5.32 Å². The zero-order chi connectivity index (χ0) is 19.9. The molecule has 6 nitrogen and oxygen atoms in total. The predicted octanol–water partition coefficient (Wildman–Crippen LogP) is 3.64. The van der Waals surface area contributed by atoms with Gasteiger partial charge in [-0.2, -0.15) is 10.4 Å². The molecule has 142 valence electrons. The van der Waals surface area contributed by atoms with Crippen LogP contribution in [0.3, 0.4) is 0 Å². The van der Waals surface area contributed by atoms with Crippen LogP contribution in [-0.2, 0) is 22.4 Å². The Morgan fingerprint density at radius 2 is 1.93 bits per heavy atom. The third kappa shape index (κ3) is 4.72. The molecule has 1 heterocycles. The van der Waals surface area contributed by atoms with Gasteiger partial charge in [0.15, 0.2) is 0 Å². The molecule has 2 N–H and O–H groups in total. The maximum atomic E-state index is 12.2. The molecule has 2 amide bonds. The SMILES string of the molecule is CC(/C=C/c1ccccc1)=N\NC(=O)C(=O)Nc1sc2c(c1C#N)CCCC2. The Morgan fingerprint density at radius 3 is 2.68 bits per heavy atom. The number of nitrogens with one attached hydrogen (secondary N) is 2. The summed E-state index contributed by atoms with van der Waals surface area (Å²) in [4.78, 5) is 25.3. The number of nitriles is 1. The molecule has 0 saturated carbocycles. The summed E-state index contributed by atoms with van der Waals surface area (Å²) in [6.07, 6.45) is 7.48. The number of thiophene rings is 1. The number of allylic oxidation sites excluding steroid dienone is 1. The standard InChI is InChI=1S/C21H20N4O2S/c1-14(11-12-15-7-3-2-4-8-15)24-25-20(27)19(26)23-21-17(13-22)16-9-5-6-10-18(16)28-21/h2-4,7-8,11-12H,5-6,9-10H2,1H3,(H,23,26)(H,25,27)/b12-11+,24-14+. The van der Waals surface area contributed by atoms with E-state index in [1.807, 2.05) is 36.4 Å². The van der Waals surface area contributed by atoms with Gasteiger partial charge in [0.2, 0.25) is 0 Å². The minimum Gasteiger partial charge on any atom is -0.308 e. The van der Waals surface area contributed by atoms with Crippen molar-refractivity contribution in [3.8, 4) is 6.07 Å². The van der Waals surface area contributed by atoms with Crippen LogP contribution in [-0.4, -0.2) is 17.5 Å². The van der Waals surface area contributed by atoms with Crippen LogP contribution in [0.15, 0.2) is 41.5 Å². The lowest BCUT2D eigenvalue weighted by Gasteiger charge is -2.09. The fraction of sp³-hybridized carbons (Fsp3) is 0.238. The summed E-state index contributed by atoms with van der Waals surface area (Å²) in [7, 11) is 0. The van der Waals surface area contributed by atoms with Crippen molar-refractivity contribution in [1.82, 2.24) is 5.43 Å². The second kappa shape index (κ2) is 9.11. The van der Waals surface area contributed by atoms with Crippen molar-refractivity contribution in [2.75, 3.05) is 5.32 Å². The van der Waals surface area contributed by atoms with Crippen LogP contribution >= 0.6 is 11.3 Å². The van der Waals surface area contributed by atoms with Gasteiger partial charge in [-0.15, -0.1) is 11.3 Å². The van der Waals surface area contributed by atoms with Gasteiger partial charge in [-0.25, -0.2) is 5.43 Å². The number of anilines is 1. The molecule has 1 aliphatic carbocycles. The number of carbonyl (C=O) groups excluding carboxylic acids is 2. The molecule has 28 heavy (non-hydrogen) atoms. The van der Waals surface area contributed by atoms with E-state index in [1.165, 1.54) is 11.3 Å². The molecule has 7 heteroatoms. The van der Waals surface area contributed by atoms with E-state index >= 15 is 0 Å². The van der Waals surface area contributed by atoms with Crippen LogP contribution in [0.25, 0.3) is 6.08 Å². The molecular formula is C21H20N4O2S. The molecule has 2 aromatic rings. The number of fused-ring (bicyclic) bond motifs is 1. The van der Waals surface area contributed by atoms with Crippen LogP contribution in [0.4, 0.5) is 5.00 Å². The summed E-state index contributed by atoms with van der Waals surface area (Å²) in [6, 6.07) is 11.8. The van der Waals surface area contributed by atoms with Crippen molar-refractivity contribution in [3.05, 3.63) is 58.0 Å². The van der Waals surface area contributed by atoms with Gasteiger partial charge in [0, 0.05) is 4.88 Å². The quantitative estimate of drug-likeness (QED) is 0.472. The average molecular weight is 392 g/mol. The van der Waals surface area contributed by atoms with E-state index in [4.69, 9.17) is 0 Å². The molecule has 3 rings (SSSR count). The molecule has 1 aromatic heterocycles. The van der Waals surface area contributed by atoms with Crippen molar-refractivity contribution in [2.24, 2.45) is 5.10 Å². The van der Waals surface area contributed by atoms with Gasteiger partial charge in [0.05, 0.1) is 11.3 Å². The third-order valence-corrected chi connectivity index (χ3v) is 5.57. The number of hydrazone groups is 1. The first-order chi connectivity index (χ1) is 13.6. The van der Waals surface area contributed by atoms with Crippen LogP contribution < -0.4 is 10.7 Å². The Balaban J connectivity index is 1.61. The fourth-order valence-corrected chi connectivity index (χ4v) is 4.17. The van der Waals surface area contributed by atoms with Crippen molar-refractivity contribution in [2.45, 2.75) is 32.6 Å². The van der Waals surface area contributed by atoms with Crippen molar-refractivity contribution in [1.29, 1.82) is 5.26 Å². The molecule has 0 spiro atoms. The van der Waals surface area contributed by atoms with E-state index in [9.17, 15) is 14.9 Å². The maximum Gasteiger partial charge on any atom is 0.329 e. The highest BCUT2D eigenvalue weighted by Gasteiger charge is 2.23. The zero-order valence-corrected chi connectivity index (χ0v) is 16.3. The number of carbonyl (C=O) groups is 2. The summed E-state index contributed by atoms with van der Waals surface area (Å²) < 4.78 is 0. The maximum absolute atomic E-state index is 12.2. The number of hydrogen-bond donors (Lipinski definition) is 2. The number of nitrogens with zero attached hydrogens (tertiary/aromatic N) is 2. The topological polar surface area (TPSA) is 94.3 Å². The molecule has 0 atom stereocenters. The van der Waals surface area contributed by atoms with Gasteiger partial charge in [-0.3, -0.25) is 9.59 Å². The van der Waals surface area contributed by atoms with Crippen LogP contribution in [0, 0.1) is 11.3 Å². The number of aryl methyl sites for hydroxylation is 1.